The van der Waals surface area contributed by atoms with Gasteiger partial charge in [-0.2, -0.15) is 0 Å². The lowest BCUT2D eigenvalue weighted by Gasteiger charge is -2.39. The second-order valence-corrected chi connectivity index (χ2v) is 12.6. The van der Waals surface area contributed by atoms with Gasteiger partial charge in [-0.1, -0.05) is 121 Å². The number of nitrogens with one attached hydrogen (secondary N) is 3. The zero-order chi connectivity index (χ0) is 29.0. The van der Waals surface area contributed by atoms with Crippen molar-refractivity contribution in [2.24, 2.45) is 0 Å². The monoisotopic (exact) mass is 586 g/mol. The molecule has 5 heteroatoms. The maximum absolute atomic E-state index is 3.81. The average molecular weight is 587 g/mol. The van der Waals surface area contributed by atoms with Crippen molar-refractivity contribution in [2.45, 2.75) is 18.5 Å². The van der Waals surface area contributed by atoms with Gasteiger partial charge in [-0.25, -0.2) is 0 Å². The molecule has 3 N–H and O–H groups in total. The fourth-order valence-corrected chi connectivity index (χ4v) is 8.07. The van der Waals surface area contributed by atoms with Crippen molar-refractivity contribution in [3.63, 3.8) is 0 Å². The molecule has 1 saturated heterocycles. The number of benzene rings is 6. The summed E-state index contributed by atoms with van der Waals surface area (Å²) >= 11 is 1.89. The van der Waals surface area contributed by atoms with Crippen LogP contribution in [0.3, 0.4) is 0 Å². The van der Waals surface area contributed by atoms with E-state index in [1.54, 1.807) is 0 Å². The Morgan fingerprint density at radius 3 is 1.61 bits per heavy atom. The van der Waals surface area contributed by atoms with Crippen LogP contribution in [0, 0.1) is 0 Å². The molecule has 1 aliphatic heterocycles. The number of para-hydroxylation sites is 1. The van der Waals surface area contributed by atoms with Gasteiger partial charge in [0.25, 0.3) is 0 Å². The molecule has 2 unspecified atom stereocenters. The second-order valence-electron chi connectivity index (χ2n) is 11.5. The molecule has 1 fully saturated rings. The molecule has 0 saturated carbocycles. The molecule has 9 rings (SSSR count). The number of thiophene rings is 1. The van der Waals surface area contributed by atoms with Crippen molar-refractivity contribution in [1.82, 2.24) is 20.5 Å². The van der Waals surface area contributed by atoms with Crippen molar-refractivity contribution < 1.29 is 0 Å². The van der Waals surface area contributed by atoms with Gasteiger partial charge in [-0.3, -0.25) is 16.0 Å². The predicted octanol–water partition coefficient (Wildman–Crippen LogP) is 9.33. The fourth-order valence-electron chi connectivity index (χ4n) is 6.83. The lowest BCUT2D eigenvalue weighted by Crippen LogP contribution is -2.54. The minimum Gasteiger partial charge on any atom is -0.308 e. The summed E-state index contributed by atoms with van der Waals surface area (Å²) in [7, 11) is 0. The molecule has 4 nitrogen and oxygen atoms in total. The number of rotatable bonds is 4. The van der Waals surface area contributed by atoms with Gasteiger partial charge in [-0.15, -0.1) is 11.3 Å². The van der Waals surface area contributed by atoms with Crippen LogP contribution in [-0.4, -0.2) is 4.57 Å². The quantitative estimate of drug-likeness (QED) is 0.192. The number of aromatic nitrogens is 1. The van der Waals surface area contributed by atoms with Crippen LogP contribution in [0.15, 0.2) is 146 Å². The van der Waals surface area contributed by atoms with Crippen molar-refractivity contribution in [3.8, 4) is 5.69 Å². The lowest BCUT2D eigenvalue weighted by atomic mass is 10.0. The average Bonchev–Trinajstić information content (AvgIpc) is 3.65. The van der Waals surface area contributed by atoms with Crippen molar-refractivity contribution in [3.05, 3.63) is 162 Å². The van der Waals surface area contributed by atoms with Crippen molar-refractivity contribution in [1.29, 1.82) is 0 Å². The molecule has 2 atom stereocenters. The summed E-state index contributed by atoms with van der Waals surface area (Å²) in [5, 5.41) is 16.6. The van der Waals surface area contributed by atoms with Crippen LogP contribution in [0.2, 0.25) is 0 Å². The van der Waals surface area contributed by atoms with Crippen molar-refractivity contribution >= 4 is 53.3 Å². The maximum Gasteiger partial charge on any atom is 0.0864 e. The first-order chi connectivity index (χ1) is 21.8. The summed E-state index contributed by atoms with van der Waals surface area (Å²) in [5.74, 6) is 0. The van der Waals surface area contributed by atoms with Gasteiger partial charge in [0.05, 0.1) is 34.2 Å². The summed E-state index contributed by atoms with van der Waals surface area (Å²) in [5.41, 5.74) is 7.31. The number of hydrogen-bond donors (Lipinski definition) is 3. The molecule has 1 aliphatic rings. The molecule has 0 radical (unpaired) electrons. The van der Waals surface area contributed by atoms with Gasteiger partial charge in [0, 0.05) is 31.9 Å². The second kappa shape index (κ2) is 10.4. The number of nitrogens with zero attached hydrogens (tertiary/aromatic N) is 1. The minimum absolute atomic E-state index is 0.00548. The van der Waals surface area contributed by atoms with E-state index >= 15 is 0 Å². The van der Waals surface area contributed by atoms with Crippen LogP contribution in [0.1, 0.15) is 35.2 Å². The van der Waals surface area contributed by atoms with Gasteiger partial charge in [-0.05, 0) is 41.0 Å². The van der Waals surface area contributed by atoms with Gasteiger partial charge in [0.2, 0.25) is 0 Å². The van der Waals surface area contributed by atoms with Crippen LogP contribution in [0.25, 0.3) is 47.7 Å². The molecular formula is C39H30N4S. The van der Waals surface area contributed by atoms with E-state index in [1.807, 2.05) is 11.3 Å². The smallest absolute Gasteiger partial charge is 0.0864 e. The van der Waals surface area contributed by atoms with E-state index in [9.17, 15) is 0 Å². The molecule has 3 heterocycles. The molecule has 0 spiro atoms. The normalized spacial score (nSPS) is 18.9. The molecule has 8 aromatic rings. The summed E-state index contributed by atoms with van der Waals surface area (Å²) in [6.45, 7) is 0. The fraction of sp³-hybridized carbons (Fsp3) is 0.0769. The number of hydrogen-bond acceptors (Lipinski definition) is 4. The highest BCUT2D eigenvalue weighted by Gasteiger charge is 2.29. The van der Waals surface area contributed by atoms with E-state index < -0.39 is 0 Å². The summed E-state index contributed by atoms with van der Waals surface area (Å²) in [6.07, 6.45) is -0.0232. The van der Waals surface area contributed by atoms with Crippen LogP contribution < -0.4 is 16.0 Å². The lowest BCUT2D eigenvalue weighted by molar-refractivity contribution is 0.203. The third kappa shape index (κ3) is 4.17. The summed E-state index contributed by atoms with van der Waals surface area (Å²) in [4.78, 5) is 0. The van der Waals surface area contributed by atoms with Gasteiger partial charge in [0.1, 0.15) is 0 Å². The van der Waals surface area contributed by atoms with Crippen LogP contribution >= 0.6 is 11.3 Å². The first-order valence-electron chi connectivity index (χ1n) is 15.1. The van der Waals surface area contributed by atoms with E-state index in [0.29, 0.717) is 0 Å². The first-order valence-corrected chi connectivity index (χ1v) is 16.0. The Hall–Kier alpha value is -4.78. The Balaban J connectivity index is 1.16. The summed E-state index contributed by atoms with van der Waals surface area (Å²) < 4.78 is 5.11. The Kier molecular flexibility index (Phi) is 6.10. The SMILES string of the molecule is c1ccc(C2NC(c3ccccc3)NC(c3ccc(-n4c5ccccc5c5ccc6c7ccccc7sc6c54)cc3)N2)cc1. The Morgan fingerprint density at radius 1 is 0.432 bits per heavy atom. The topological polar surface area (TPSA) is 41.0 Å². The number of fused-ring (bicyclic) bond motifs is 7. The Bertz CT molecular complexity index is 2220. The van der Waals surface area contributed by atoms with Crippen molar-refractivity contribution in [2.75, 3.05) is 0 Å². The highest BCUT2D eigenvalue weighted by atomic mass is 32.1. The standard InChI is InChI=1S/C39H30N4S/c1-3-11-25(12-4-1)37-40-38(26-13-5-2-6-14-26)42-39(41-37)27-19-21-28(22-20-27)43-33-17-9-7-15-29(33)31-23-24-32-30-16-8-10-18-34(30)44-36(32)35(31)43/h1-24,37-42H. The van der Waals surface area contributed by atoms with Gasteiger partial charge >= 0.3 is 0 Å². The molecule has 2 aromatic heterocycles. The molecule has 0 aliphatic carbocycles. The zero-order valence-electron chi connectivity index (χ0n) is 23.9. The Labute approximate surface area is 259 Å². The minimum atomic E-state index is -0.0341. The van der Waals surface area contributed by atoms with E-state index in [4.69, 9.17) is 0 Å². The highest BCUT2D eigenvalue weighted by molar-refractivity contribution is 7.26. The molecule has 6 aromatic carbocycles. The largest absolute Gasteiger partial charge is 0.308 e. The van der Waals surface area contributed by atoms with Gasteiger partial charge in [0.15, 0.2) is 0 Å². The van der Waals surface area contributed by atoms with Crippen LogP contribution in [-0.2, 0) is 0 Å². The third-order valence-corrected chi connectivity index (χ3v) is 10.1. The predicted molar refractivity (Wildman–Crippen MR) is 184 cm³/mol. The van der Waals surface area contributed by atoms with E-state index in [1.165, 1.54) is 58.7 Å². The van der Waals surface area contributed by atoms with E-state index in [-0.39, 0.29) is 18.5 Å². The zero-order valence-corrected chi connectivity index (χ0v) is 24.8. The Morgan fingerprint density at radius 2 is 0.955 bits per heavy atom. The molecule has 44 heavy (non-hydrogen) atoms. The van der Waals surface area contributed by atoms with Crippen LogP contribution in [0.5, 0.6) is 0 Å². The molecular weight excluding hydrogens is 557 g/mol. The van der Waals surface area contributed by atoms with Crippen LogP contribution in [0.4, 0.5) is 0 Å². The first kappa shape index (κ1) is 25.7. The molecule has 0 amide bonds. The third-order valence-electron chi connectivity index (χ3n) is 8.93. The highest BCUT2D eigenvalue weighted by Crippen LogP contribution is 2.43. The molecule has 0 bridgehead atoms. The van der Waals surface area contributed by atoms with E-state index in [0.717, 1.165) is 5.69 Å². The van der Waals surface area contributed by atoms with E-state index in [2.05, 4.69) is 166 Å². The van der Waals surface area contributed by atoms with Gasteiger partial charge < -0.3 is 4.57 Å². The molecule has 212 valence electrons. The maximum atomic E-state index is 3.81. The summed E-state index contributed by atoms with van der Waals surface area (Å²) in [6, 6.07) is 52.4.